The van der Waals surface area contributed by atoms with E-state index in [0.717, 1.165) is 18.2 Å². The van der Waals surface area contributed by atoms with Crippen LogP contribution >= 0.6 is 0 Å². The van der Waals surface area contributed by atoms with Crippen LogP contribution in [-0.4, -0.2) is 71.8 Å². The first-order chi connectivity index (χ1) is 15.1. The van der Waals surface area contributed by atoms with E-state index in [1.807, 2.05) is 0 Å². The first-order valence-electron chi connectivity index (χ1n) is 9.83. The molecule has 1 aliphatic rings. The lowest BCUT2D eigenvalue weighted by atomic mass is 10.1. The van der Waals surface area contributed by atoms with Crippen LogP contribution in [0, 0.1) is 5.82 Å². The summed E-state index contributed by atoms with van der Waals surface area (Å²) in [7, 11) is -6.14. The van der Waals surface area contributed by atoms with Crippen molar-refractivity contribution < 1.29 is 30.8 Å². The van der Waals surface area contributed by atoms with Gasteiger partial charge in [-0.05, 0) is 42.5 Å². The summed E-state index contributed by atoms with van der Waals surface area (Å²) in [6, 6.07) is 8.99. The molecule has 1 amide bonds. The van der Waals surface area contributed by atoms with E-state index in [1.165, 1.54) is 28.4 Å². The Bertz CT molecular complexity index is 1190. The summed E-state index contributed by atoms with van der Waals surface area (Å²) in [5.74, 6) is -1.02. The molecule has 0 spiro atoms. The second-order valence-corrected chi connectivity index (χ2v) is 10.7. The van der Waals surface area contributed by atoms with E-state index < -0.39 is 31.8 Å². The minimum Gasteiger partial charge on any atom is -0.497 e. The zero-order valence-electron chi connectivity index (χ0n) is 17.6. The third-order valence-electron chi connectivity index (χ3n) is 5.04. The van der Waals surface area contributed by atoms with Crippen LogP contribution in [0.4, 0.5) is 4.39 Å². The molecule has 1 aliphatic heterocycles. The number of halogens is 1. The maximum Gasteiger partial charge on any atom is 0.256 e. The van der Waals surface area contributed by atoms with Gasteiger partial charge in [-0.15, -0.1) is 0 Å². The normalized spacial score (nSPS) is 15.5. The first kappa shape index (κ1) is 24.1. The molecule has 0 aromatic heterocycles. The molecule has 174 valence electrons. The van der Waals surface area contributed by atoms with E-state index in [9.17, 15) is 26.0 Å². The van der Waals surface area contributed by atoms with Gasteiger partial charge >= 0.3 is 0 Å². The van der Waals surface area contributed by atoms with Crippen LogP contribution in [0.1, 0.15) is 17.3 Å². The Morgan fingerprint density at radius 1 is 1.00 bits per heavy atom. The van der Waals surface area contributed by atoms with Crippen molar-refractivity contribution >= 4 is 26.0 Å². The van der Waals surface area contributed by atoms with Gasteiger partial charge in [-0.1, -0.05) is 6.92 Å². The van der Waals surface area contributed by atoms with E-state index >= 15 is 0 Å². The molecule has 32 heavy (non-hydrogen) atoms. The summed E-state index contributed by atoms with van der Waals surface area (Å²) in [4.78, 5) is 14.0. The summed E-state index contributed by atoms with van der Waals surface area (Å²) >= 11 is 0. The third-order valence-corrected chi connectivity index (χ3v) is 8.49. The number of amides is 1. The molecule has 1 heterocycles. The lowest BCUT2D eigenvalue weighted by Gasteiger charge is -2.34. The third kappa shape index (κ3) is 4.93. The Kier molecular flexibility index (Phi) is 7.18. The Balaban J connectivity index is 1.74. The molecule has 0 atom stereocenters. The highest BCUT2D eigenvalue weighted by Crippen LogP contribution is 2.22. The van der Waals surface area contributed by atoms with Gasteiger partial charge < -0.3 is 9.64 Å². The number of nitrogens with zero attached hydrogens (tertiary/aromatic N) is 2. The van der Waals surface area contributed by atoms with Crippen molar-refractivity contribution in [2.45, 2.75) is 16.7 Å². The number of hydrogen-bond acceptors (Lipinski definition) is 6. The molecule has 0 unspecified atom stereocenters. The second kappa shape index (κ2) is 9.53. The van der Waals surface area contributed by atoms with Gasteiger partial charge in [0.1, 0.15) is 11.6 Å². The number of benzene rings is 2. The van der Waals surface area contributed by atoms with E-state index in [-0.39, 0.29) is 48.1 Å². The van der Waals surface area contributed by atoms with Crippen LogP contribution in [0.2, 0.25) is 0 Å². The van der Waals surface area contributed by atoms with Gasteiger partial charge in [0, 0.05) is 32.7 Å². The predicted octanol–water partition coefficient (Wildman–Crippen LogP) is 1.28. The molecule has 0 radical (unpaired) electrons. The monoisotopic (exact) mass is 485 g/mol. The van der Waals surface area contributed by atoms with Crippen LogP contribution in [0.3, 0.4) is 0 Å². The van der Waals surface area contributed by atoms with Crippen molar-refractivity contribution in [1.82, 2.24) is 13.9 Å². The second-order valence-electron chi connectivity index (χ2n) is 7.01. The van der Waals surface area contributed by atoms with Gasteiger partial charge in [0.25, 0.3) is 5.91 Å². The molecule has 0 saturated carbocycles. The number of sulfonamides is 2. The Morgan fingerprint density at radius 2 is 1.59 bits per heavy atom. The number of piperazine rings is 1. The van der Waals surface area contributed by atoms with Crippen molar-refractivity contribution in [1.29, 1.82) is 0 Å². The van der Waals surface area contributed by atoms with Gasteiger partial charge in [-0.3, -0.25) is 4.79 Å². The molecule has 3 rings (SSSR count). The van der Waals surface area contributed by atoms with Gasteiger partial charge in [-0.2, -0.15) is 4.31 Å². The molecule has 1 fully saturated rings. The summed E-state index contributed by atoms with van der Waals surface area (Å²) < 4.78 is 73.0. The average molecular weight is 486 g/mol. The lowest BCUT2D eigenvalue weighted by Crippen LogP contribution is -2.50. The largest absolute Gasteiger partial charge is 0.497 e. The number of carbonyl (C=O) groups excluding carboxylic acids is 1. The fourth-order valence-electron chi connectivity index (χ4n) is 3.31. The zero-order chi connectivity index (χ0) is 23.5. The standard InChI is InChI=1S/C20H24FN3O6S2/c1-3-22-31(26,27)17-8-9-19(21)18(14-17)20(25)23-10-12-24(13-11-23)32(28,29)16-6-4-15(30-2)5-7-16/h4-9,14,22H,3,10-13H2,1-2H3. The maximum atomic E-state index is 14.3. The van der Waals surface area contributed by atoms with E-state index in [1.54, 1.807) is 19.1 Å². The van der Waals surface area contributed by atoms with E-state index in [0.29, 0.717) is 5.75 Å². The number of rotatable bonds is 7. The smallest absolute Gasteiger partial charge is 0.256 e. The Labute approximate surface area is 186 Å². The van der Waals surface area contributed by atoms with Gasteiger partial charge in [0.2, 0.25) is 20.0 Å². The minimum atomic E-state index is -3.86. The summed E-state index contributed by atoms with van der Waals surface area (Å²) in [5, 5.41) is 0. The highest BCUT2D eigenvalue weighted by Gasteiger charge is 2.31. The molecular formula is C20H24FN3O6S2. The van der Waals surface area contributed by atoms with Crippen LogP contribution in [0.15, 0.2) is 52.3 Å². The van der Waals surface area contributed by atoms with Crippen LogP contribution in [0.25, 0.3) is 0 Å². The minimum absolute atomic E-state index is 0.0249. The summed E-state index contributed by atoms with van der Waals surface area (Å²) in [6.07, 6.45) is 0. The van der Waals surface area contributed by atoms with E-state index in [2.05, 4.69) is 4.72 Å². The van der Waals surface area contributed by atoms with Crippen molar-refractivity contribution in [2.24, 2.45) is 0 Å². The molecule has 1 saturated heterocycles. The van der Waals surface area contributed by atoms with Gasteiger partial charge in [-0.25, -0.2) is 25.9 Å². The lowest BCUT2D eigenvalue weighted by molar-refractivity contribution is 0.0693. The summed E-state index contributed by atoms with van der Waals surface area (Å²) in [5.41, 5.74) is -0.379. The van der Waals surface area contributed by atoms with Crippen LogP contribution < -0.4 is 9.46 Å². The molecule has 1 N–H and O–H groups in total. The fourth-order valence-corrected chi connectivity index (χ4v) is 5.80. The summed E-state index contributed by atoms with van der Waals surface area (Å²) in [6.45, 7) is 1.88. The van der Waals surface area contributed by atoms with Crippen LogP contribution in [0.5, 0.6) is 5.75 Å². The van der Waals surface area contributed by atoms with Crippen molar-refractivity contribution in [3.8, 4) is 5.75 Å². The van der Waals surface area contributed by atoms with Gasteiger partial charge in [0.15, 0.2) is 0 Å². The molecule has 2 aromatic rings. The van der Waals surface area contributed by atoms with Gasteiger partial charge in [0.05, 0.1) is 22.5 Å². The SMILES string of the molecule is CCNS(=O)(=O)c1ccc(F)c(C(=O)N2CCN(S(=O)(=O)c3ccc(OC)cc3)CC2)c1. The van der Waals surface area contributed by atoms with Crippen molar-refractivity contribution in [3.63, 3.8) is 0 Å². The van der Waals surface area contributed by atoms with Crippen molar-refractivity contribution in [3.05, 3.63) is 53.8 Å². The number of hydrogen-bond donors (Lipinski definition) is 1. The van der Waals surface area contributed by atoms with Crippen LogP contribution in [-0.2, 0) is 20.0 Å². The quantitative estimate of drug-likeness (QED) is 0.632. The molecule has 9 nitrogen and oxygen atoms in total. The van der Waals surface area contributed by atoms with Crippen molar-refractivity contribution in [2.75, 3.05) is 39.8 Å². The molecular weight excluding hydrogens is 461 g/mol. The molecule has 0 aliphatic carbocycles. The molecule has 12 heteroatoms. The van der Waals surface area contributed by atoms with E-state index in [4.69, 9.17) is 4.74 Å². The first-order valence-corrected chi connectivity index (χ1v) is 12.7. The highest BCUT2D eigenvalue weighted by molar-refractivity contribution is 7.89. The average Bonchev–Trinajstić information content (AvgIpc) is 2.79. The maximum absolute atomic E-state index is 14.3. The molecule has 2 aromatic carbocycles. The zero-order valence-corrected chi connectivity index (χ0v) is 19.2. The molecule has 0 bridgehead atoms. The Hall–Kier alpha value is -2.54. The number of ether oxygens (including phenoxy) is 1. The predicted molar refractivity (Wildman–Crippen MR) is 115 cm³/mol. The highest BCUT2D eigenvalue weighted by atomic mass is 32.2. The topological polar surface area (TPSA) is 113 Å². The fraction of sp³-hybridized carbons (Fsp3) is 0.350. The number of methoxy groups -OCH3 is 1. The number of nitrogens with one attached hydrogen (secondary N) is 1. The Morgan fingerprint density at radius 3 is 2.16 bits per heavy atom. The number of carbonyl (C=O) groups is 1.